The summed E-state index contributed by atoms with van der Waals surface area (Å²) in [5.74, 6) is 0. The van der Waals surface area contributed by atoms with Crippen LogP contribution in [-0.4, -0.2) is 18.4 Å². The molecule has 0 aromatic heterocycles. The fourth-order valence-corrected chi connectivity index (χ4v) is 1.87. The van der Waals surface area contributed by atoms with Gasteiger partial charge in [-0.05, 0) is 31.9 Å². The Morgan fingerprint density at radius 3 is 2.57 bits per heavy atom. The van der Waals surface area contributed by atoms with Crippen LogP contribution in [0.1, 0.15) is 18.9 Å². The second kappa shape index (κ2) is 6.07. The van der Waals surface area contributed by atoms with Gasteiger partial charge in [0, 0.05) is 24.1 Å². The molecule has 0 saturated heterocycles. The normalized spacial score (nSPS) is 10.2. The minimum absolute atomic E-state index is 1.08. The van der Waals surface area contributed by atoms with Gasteiger partial charge in [-0.2, -0.15) is 0 Å². The molecule has 2 heteroatoms. The zero-order valence-corrected chi connectivity index (χ0v) is 10.5. The Labute approximate surface area is 95.2 Å². The lowest BCUT2D eigenvalue weighted by Gasteiger charge is -2.24. The van der Waals surface area contributed by atoms with Gasteiger partial charge in [0.2, 0.25) is 0 Å². The van der Waals surface area contributed by atoms with Crippen molar-refractivity contribution in [2.75, 3.05) is 23.3 Å². The molecule has 0 aliphatic carbocycles. The standard InChI is InChI=1S/C12H18BrN/c1-3-14(10-6-9-13)12-8-5-4-7-11(12)2/h4-5,7-8H,3,6,9-10H2,1-2H3. The first-order valence-corrected chi connectivity index (χ1v) is 6.28. The molecule has 0 unspecified atom stereocenters. The highest BCUT2D eigenvalue weighted by Gasteiger charge is 2.05. The van der Waals surface area contributed by atoms with E-state index in [1.54, 1.807) is 0 Å². The van der Waals surface area contributed by atoms with Crippen molar-refractivity contribution in [2.24, 2.45) is 0 Å². The molecule has 0 radical (unpaired) electrons. The van der Waals surface area contributed by atoms with Crippen LogP contribution < -0.4 is 4.90 Å². The predicted molar refractivity (Wildman–Crippen MR) is 67.5 cm³/mol. The van der Waals surface area contributed by atoms with Crippen LogP contribution in [0.2, 0.25) is 0 Å². The van der Waals surface area contributed by atoms with Gasteiger partial charge in [0.25, 0.3) is 0 Å². The van der Waals surface area contributed by atoms with Gasteiger partial charge in [-0.15, -0.1) is 0 Å². The van der Waals surface area contributed by atoms with Crippen molar-refractivity contribution in [3.8, 4) is 0 Å². The molecule has 0 aliphatic rings. The molecule has 0 fully saturated rings. The fraction of sp³-hybridized carbons (Fsp3) is 0.500. The Balaban J connectivity index is 2.73. The number of benzene rings is 1. The molecule has 0 N–H and O–H groups in total. The molecule has 0 spiro atoms. The lowest BCUT2D eigenvalue weighted by atomic mass is 10.2. The number of nitrogens with zero attached hydrogens (tertiary/aromatic N) is 1. The third-order valence-corrected chi connectivity index (χ3v) is 2.96. The van der Waals surface area contributed by atoms with E-state index in [0.29, 0.717) is 0 Å². The third kappa shape index (κ3) is 3.02. The molecular formula is C12H18BrN. The van der Waals surface area contributed by atoms with Crippen LogP contribution in [0.25, 0.3) is 0 Å². The number of anilines is 1. The van der Waals surface area contributed by atoms with E-state index in [9.17, 15) is 0 Å². The number of rotatable bonds is 5. The Kier molecular flexibility index (Phi) is 5.02. The number of halogens is 1. The molecule has 0 amide bonds. The quantitative estimate of drug-likeness (QED) is 0.727. The SMILES string of the molecule is CCN(CCCBr)c1ccccc1C. The number of hydrogen-bond donors (Lipinski definition) is 0. The number of aryl methyl sites for hydroxylation is 1. The second-order valence-corrected chi connectivity index (χ2v) is 4.20. The largest absolute Gasteiger partial charge is 0.372 e. The van der Waals surface area contributed by atoms with Crippen LogP contribution in [0, 0.1) is 6.92 Å². The zero-order chi connectivity index (χ0) is 10.4. The molecule has 14 heavy (non-hydrogen) atoms. The maximum absolute atomic E-state index is 3.47. The summed E-state index contributed by atoms with van der Waals surface area (Å²) in [6, 6.07) is 8.58. The molecule has 0 saturated carbocycles. The van der Waals surface area contributed by atoms with E-state index in [0.717, 1.165) is 18.4 Å². The highest BCUT2D eigenvalue weighted by Crippen LogP contribution is 2.19. The molecule has 78 valence electrons. The van der Waals surface area contributed by atoms with Gasteiger partial charge in [-0.1, -0.05) is 34.1 Å². The topological polar surface area (TPSA) is 3.24 Å². The third-order valence-electron chi connectivity index (χ3n) is 2.40. The van der Waals surface area contributed by atoms with Gasteiger partial charge < -0.3 is 4.90 Å². The second-order valence-electron chi connectivity index (χ2n) is 3.41. The Morgan fingerprint density at radius 2 is 2.00 bits per heavy atom. The van der Waals surface area contributed by atoms with E-state index < -0.39 is 0 Å². The number of alkyl halides is 1. The zero-order valence-electron chi connectivity index (χ0n) is 8.96. The van der Waals surface area contributed by atoms with Gasteiger partial charge >= 0.3 is 0 Å². The number of hydrogen-bond acceptors (Lipinski definition) is 1. The molecule has 0 aliphatic heterocycles. The maximum atomic E-state index is 3.47. The van der Waals surface area contributed by atoms with Gasteiger partial charge in [-0.3, -0.25) is 0 Å². The van der Waals surface area contributed by atoms with Crippen molar-refractivity contribution in [1.29, 1.82) is 0 Å². The van der Waals surface area contributed by atoms with Crippen molar-refractivity contribution in [3.05, 3.63) is 29.8 Å². The summed E-state index contributed by atoms with van der Waals surface area (Å²) >= 11 is 3.47. The van der Waals surface area contributed by atoms with Gasteiger partial charge in [-0.25, -0.2) is 0 Å². The average molecular weight is 256 g/mol. The number of para-hydroxylation sites is 1. The van der Waals surface area contributed by atoms with Crippen molar-refractivity contribution in [1.82, 2.24) is 0 Å². The van der Waals surface area contributed by atoms with Crippen LogP contribution >= 0.6 is 15.9 Å². The Bertz CT molecular complexity index is 273. The average Bonchev–Trinajstić information content (AvgIpc) is 2.21. The van der Waals surface area contributed by atoms with E-state index in [4.69, 9.17) is 0 Å². The van der Waals surface area contributed by atoms with E-state index in [-0.39, 0.29) is 0 Å². The molecule has 0 bridgehead atoms. The van der Waals surface area contributed by atoms with Crippen molar-refractivity contribution in [3.63, 3.8) is 0 Å². The van der Waals surface area contributed by atoms with Crippen molar-refractivity contribution < 1.29 is 0 Å². The molecule has 1 aromatic rings. The van der Waals surface area contributed by atoms with E-state index in [1.807, 2.05) is 0 Å². The van der Waals surface area contributed by atoms with Crippen molar-refractivity contribution >= 4 is 21.6 Å². The van der Waals surface area contributed by atoms with Crippen LogP contribution in [0.5, 0.6) is 0 Å². The lowest BCUT2D eigenvalue weighted by molar-refractivity contribution is 0.796. The highest BCUT2D eigenvalue weighted by molar-refractivity contribution is 9.09. The van der Waals surface area contributed by atoms with E-state index in [1.165, 1.54) is 17.7 Å². The first kappa shape index (κ1) is 11.6. The summed E-state index contributed by atoms with van der Waals surface area (Å²) in [5.41, 5.74) is 2.74. The molecule has 0 atom stereocenters. The summed E-state index contributed by atoms with van der Waals surface area (Å²) in [4.78, 5) is 2.43. The summed E-state index contributed by atoms with van der Waals surface area (Å²) in [6.07, 6.45) is 1.20. The molecule has 1 rings (SSSR count). The summed E-state index contributed by atoms with van der Waals surface area (Å²) in [7, 11) is 0. The summed E-state index contributed by atoms with van der Waals surface area (Å²) in [6.45, 7) is 6.59. The first-order chi connectivity index (χ1) is 6.79. The van der Waals surface area contributed by atoms with Crippen LogP contribution in [-0.2, 0) is 0 Å². The lowest BCUT2D eigenvalue weighted by Crippen LogP contribution is -2.24. The van der Waals surface area contributed by atoms with Gasteiger partial charge in [0.05, 0.1) is 0 Å². The highest BCUT2D eigenvalue weighted by atomic mass is 79.9. The maximum Gasteiger partial charge on any atom is 0.0395 e. The Morgan fingerprint density at radius 1 is 1.29 bits per heavy atom. The minimum atomic E-state index is 1.08. The van der Waals surface area contributed by atoms with Gasteiger partial charge in [0.1, 0.15) is 0 Å². The summed E-state index contributed by atoms with van der Waals surface area (Å²) < 4.78 is 0. The summed E-state index contributed by atoms with van der Waals surface area (Å²) in [5, 5.41) is 1.08. The Hall–Kier alpha value is -0.500. The minimum Gasteiger partial charge on any atom is -0.372 e. The first-order valence-electron chi connectivity index (χ1n) is 5.16. The smallest absolute Gasteiger partial charge is 0.0395 e. The molecule has 0 heterocycles. The van der Waals surface area contributed by atoms with E-state index >= 15 is 0 Å². The molecule has 1 aromatic carbocycles. The molecular weight excluding hydrogens is 238 g/mol. The van der Waals surface area contributed by atoms with Crippen molar-refractivity contribution in [2.45, 2.75) is 20.3 Å². The van der Waals surface area contributed by atoms with Crippen LogP contribution in [0.3, 0.4) is 0 Å². The van der Waals surface area contributed by atoms with Crippen LogP contribution in [0.15, 0.2) is 24.3 Å². The fourth-order valence-electron chi connectivity index (χ4n) is 1.62. The van der Waals surface area contributed by atoms with Crippen LogP contribution in [0.4, 0.5) is 5.69 Å². The molecule has 1 nitrogen and oxygen atoms in total. The predicted octanol–water partition coefficient (Wildman–Crippen LogP) is 3.61. The monoisotopic (exact) mass is 255 g/mol. The van der Waals surface area contributed by atoms with E-state index in [2.05, 4.69) is 58.9 Å². The van der Waals surface area contributed by atoms with Gasteiger partial charge in [0.15, 0.2) is 0 Å².